The van der Waals surface area contributed by atoms with Gasteiger partial charge in [0.15, 0.2) is 5.76 Å². The van der Waals surface area contributed by atoms with Gasteiger partial charge >= 0.3 is 0 Å². The van der Waals surface area contributed by atoms with E-state index in [4.69, 9.17) is 9.15 Å². The summed E-state index contributed by atoms with van der Waals surface area (Å²) in [6.07, 6.45) is 4.53. The van der Waals surface area contributed by atoms with Crippen molar-refractivity contribution in [1.82, 2.24) is 14.7 Å². The maximum Gasteiger partial charge on any atom is 0.289 e. The molecule has 0 aliphatic carbocycles. The van der Waals surface area contributed by atoms with Crippen molar-refractivity contribution in [3.63, 3.8) is 0 Å². The Morgan fingerprint density at radius 1 is 1.23 bits per heavy atom. The standard InChI is InChI=1S/C20H21N3O3/c1-2-15-6-3-4-7-18(15)26-17-12-22(13-17)20(24)19-9-8-16(25-19)14-23-11-5-10-21-23/h3-11,17H,2,12-14H2,1H3. The first-order chi connectivity index (χ1) is 12.7. The van der Waals surface area contributed by atoms with Crippen molar-refractivity contribution in [2.75, 3.05) is 13.1 Å². The lowest BCUT2D eigenvalue weighted by atomic mass is 10.1. The van der Waals surface area contributed by atoms with Crippen LogP contribution in [0.15, 0.2) is 59.3 Å². The molecule has 1 aliphatic rings. The number of aryl methyl sites for hydroxylation is 1. The molecule has 0 N–H and O–H groups in total. The van der Waals surface area contributed by atoms with Gasteiger partial charge in [-0.25, -0.2) is 0 Å². The lowest BCUT2D eigenvalue weighted by molar-refractivity contribution is 0.0151. The highest BCUT2D eigenvalue weighted by atomic mass is 16.5. The van der Waals surface area contributed by atoms with Gasteiger partial charge in [-0.2, -0.15) is 5.10 Å². The molecule has 1 aromatic carbocycles. The SMILES string of the molecule is CCc1ccccc1OC1CN(C(=O)c2ccc(Cn3cccn3)o2)C1. The minimum absolute atomic E-state index is 0.0326. The van der Waals surface area contributed by atoms with Crippen LogP contribution in [0.5, 0.6) is 5.75 Å². The first-order valence-corrected chi connectivity index (χ1v) is 8.83. The van der Waals surface area contributed by atoms with Crippen LogP contribution in [-0.2, 0) is 13.0 Å². The zero-order chi connectivity index (χ0) is 17.9. The molecule has 0 radical (unpaired) electrons. The molecule has 0 saturated carbocycles. The molecule has 3 aromatic rings. The Labute approximate surface area is 152 Å². The number of ether oxygens (including phenoxy) is 1. The first-order valence-electron chi connectivity index (χ1n) is 8.83. The Morgan fingerprint density at radius 3 is 2.85 bits per heavy atom. The van der Waals surface area contributed by atoms with Crippen LogP contribution >= 0.6 is 0 Å². The predicted octanol–water partition coefficient (Wildman–Crippen LogP) is 2.99. The second-order valence-corrected chi connectivity index (χ2v) is 6.38. The minimum Gasteiger partial charge on any atom is -0.486 e. The predicted molar refractivity (Wildman–Crippen MR) is 96.2 cm³/mol. The average Bonchev–Trinajstić information content (AvgIpc) is 3.30. The molecule has 0 unspecified atom stereocenters. The van der Waals surface area contributed by atoms with Crippen LogP contribution in [0.1, 0.15) is 28.8 Å². The Kier molecular flexibility index (Phi) is 4.48. The first kappa shape index (κ1) is 16.4. The fourth-order valence-corrected chi connectivity index (χ4v) is 3.06. The molecule has 3 heterocycles. The number of likely N-dealkylation sites (tertiary alicyclic amines) is 1. The van der Waals surface area contributed by atoms with Gasteiger partial charge < -0.3 is 14.1 Å². The number of carbonyl (C=O) groups is 1. The Balaban J connectivity index is 1.32. The summed E-state index contributed by atoms with van der Waals surface area (Å²) in [5, 5.41) is 4.14. The third-order valence-corrected chi connectivity index (χ3v) is 4.53. The third-order valence-electron chi connectivity index (χ3n) is 4.53. The monoisotopic (exact) mass is 351 g/mol. The van der Waals surface area contributed by atoms with Crippen molar-refractivity contribution in [3.05, 3.63) is 71.9 Å². The van der Waals surface area contributed by atoms with Gasteiger partial charge in [-0.1, -0.05) is 25.1 Å². The van der Waals surface area contributed by atoms with Gasteiger partial charge in [0.2, 0.25) is 0 Å². The molecule has 2 aromatic heterocycles. The van der Waals surface area contributed by atoms with E-state index in [-0.39, 0.29) is 12.0 Å². The zero-order valence-corrected chi connectivity index (χ0v) is 14.7. The number of furan rings is 1. The van der Waals surface area contributed by atoms with Crippen molar-refractivity contribution in [1.29, 1.82) is 0 Å². The largest absolute Gasteiger partial charge is 0.486 e. The number of nitrogens with zero attached hydrogens (tertiary/aromatic N) is 3. The summed E-state index contributed by atoms with van der Waals surface area (Å²) in [6.45, 7) is 3.77. The lowest BCUT2D eigenvalue weighted by Crippen LogP contribution is -2.56. The summed E-state index contributed by atoms with van der Waals surface area (Å²) in [7, 11) is 0. The van der Waals surface area contributed by atoms with Crippen molar-refractivity contribution in [2.24, 2.45) is 0 Å². The molecule has 0 bridgehead atoms. The number of hydrogen-bond donors (Lipinski definition) is 0. The quantitative estimate of drug-likeness (QED) is 0.685. The van der Waals surface area contributed by atoms with Crippen LogP contribution in [0.2, 0.25) is 0 Å². The highest BCUT2D eigenvalue weighted by molar-refractivity contribution is 5.92. The summed E-state index contributed by atoms with van der Waals surface area (Å²) < 4.78 is 13.5. The van der Waals surface area contributed by atoms with Gasteiger partial charge in [-0.15, -0.1) is 0 Å². The lowest BCUT2D eigenvalue weighted by Gasteiger charge is -2.38. The number of para-hydroxylation sites is 1. The second kappa shape index (κ2) is 7.07. The second-order valence-electron chi connectivity index (χ2n) is 6.38. The molecule has 26 heavy (non-hydrogen) atoms. The molecule has 6 nitrogen and oxygen atoms in total. The van der Waals surface area contributed by atoms with Gasteiger partial charge in [0.1, 0.15) is 17.6 Å². The van der Waals surface area contributed by atoms with Gasteiger partial charge in [0, 0.05) is 12.4 Å². The molecule has 4 rings (SSSR count). The van der Waals surface area contributed by atoms with Gasteiger partial charge in [-0.3, -0.25) is 9.48 Å². The third kappa shape index (κ3) is 3.35. The maximum absolute atomic E-state index is 12.5. The molecular weight excluding hydrogens is 330 g/mol. The van der Waals surface area contributed by atoms with Crippen LogP contribution in [0, 0.1) is 0 Å². The summed E-state index contributed by atoms with van der Waals surface area (Å²) in [5.41, 5.74) is 1.19. The molecule has 1 amide bonds. The average molecular weight is 351 g/mol. The van der Waals surface area contributed by atoms with Crippen molar-refractivity contribution in [2.45, 2.75) is 26.0 Å². The number of rotatable bonds is 6. The number of amides is 1. The van der Waals surface area contributed by atoms with Crippen LogP contribution < -0.4 is 4.74 Å². The van der Waals surface area contributed by atoms with Crippen molar-refractivity contribution >= 4 is 5.91 Å². The van der Waals surface area contributed by atoms with Gasteiger partial charge in [0.05, 0.1) is 19.6 Å². The van der Waals surface area contributed by atoms with Crippen LogP contribution in [0.4, 0.5) is 0 Å². The number of benzene rings is 1. The number of aromatic nitrogens is 2. The van der Waals surface area contributed by atoms with Crippen LogP contribution in [0.25, 0.3) is 0 Å². The zero-order valence-electron chi connectivity index (χ0n) is 14.7. The normalized spacial score (nSPS) is 14.3. The Bertz CT molecular complexity index is 879. The minimum atomic E-state index is -0.0969. The summed E-state index contributed by atoms with van der Waals surface area (Å²) >= 11 is 0. The fourth-order valence-electron chi connectivity index (χ4n) is 3.06. The van der Waals surface area contributed by atoms with Crippen molar-refractivity contribution < 1.29 is 13.9 Å². The maximum atomic E-state index is 12.5. The van der Waals surface area contributed by atoms with Crippen LogP contribution in [0.3, 0.4) is 0 Å². The molecule has 6 heteroatoms. The molecule has 134 valence electrons. The van der Waals surface area contributed by atoms with E-state index < -0.39 is 0 Å². The number of carbonyl (C=O) groups excluding carboxylic acids is 1. The molecule has 0 spiro atoms. The number of hydrogen-bond acceptors (Lipinski definition) is 4. The molecule has 0 atom stereocenters. The van der Waals surface area contributed by atoms with E-state index in [1.165, 1.54) is 5.56 Å². The van der Waals surface area contributed by atoms with Gasteiger partial charge in [0.25, 0.3) is 5.91 Å². The van der Waals surface area contributed by atoms with E-state index >= 15 is 0 Å². The van der Waals surface area contributed by atoms with Gasteiger partial charge in [-0.05, 0) is 36.2 Å². The molecule has 1 fully saturated rings. The van der Waals surface area contributed by atoms with E-state index in [1.807, 2.05) is 36.5 Å². The Morgan fingerprint density at radius 2 is 2.08 bits per heavy atom. The summed E-state index contributed by atoms with van der Waals surface area (Å²) in [4.78, 5) is 14.3. The molecular formula is C20H21N3O3. The molecule has 1 saturated heterocycles. The topological polar surface area (TPSA) is 60.5 Å². The highest BCUT2D eigenvalue weighted by Gasteiger charge is 2.34. The van der Waals surface area contributed by atoms with E-state index in [2.05, 4.69) is 18.1 Å². The van der Waals surface area contributed by atoms with E-state index in [0.717, 1.165) is 12.2 Å². The van der Waals surface area contributed by atoms with Crippen LogP contribution in [-0.4, -0.2) is 39.8 Å². The van der Waals surface area contributed by atoms with E-state index in [9.17, 15) is 4.79 Å². The molecule has 1 aliphatic heterocycles. The summed E-state index contributed by atoms with van der Waals surface area (Å²) in [5.74, 6) is 1.88. The fraction of sp³-hybridized carbons (Fsp3) is 0.300. The smallest absolute Gasteiger partial charge is 0.289 e. The highest BCUT2D eigenvalue weighted by Crippen LogP contribution is 2.24. The van der Waals surface area contributed by atoms with E-state index in [0.29, 0.717) is 31.2 Å². The van der Waals surface area contributed by atoms with E-state index in [1.54, 1.807) is 21.8 Å². The Hall–Kier alpha value is -3.02. The summed E-state index contributed by atoms with van der Waals surface area (Å²) in [6, 6.07) is 13.4. The van der Waals surface area contributed by atoms with Crippen molar-refractivity contribution in [3.8, 4) is 5.75 Å².